The molecule has 0 heterocycles. The van der Waals surface area contributed by atoms with E-state index in [9.17, 15) is 9.00 Å². The highest BCUT2D eigenvalue weighted by molar-refractivity contribution is 7.84. The molecule has 5 heteroatoms. The van der Waals surface area contributed by atoms with Crippen LogP contribution in [0.15, 0.2) is 0 Å². The van der Waals surface area contributed by atoms with Crippen LogP contribution in [0.2, 0.25) is 0 Å². The van der Waals surface area contributed by atoms with Crippen molar-refractivity contribution in [3.05, 3.63) is 0 Å². The van der Waals surface area contributed by atoms with Crippen molar-refractivity contribution in [1.29, 1.82) is 0 Å². The molecule has 2 N–H and O–H groups in total. The molecule has 0 aliphatic heterocycles. The standard InChI is InChI=1S/C8H18N2O2S/c1-3-9-7-8(11)10-5-4-6-13(2)12/h9H,3-7H2,1-2H3,(H,10,11). The van der Waals surface area contributed by atoms with Gasteiger partial charge in [0.05, 0.1) is 6.54 Å². The van der Waals surface area contributed by atoms with Gasteiger partial charge in [-0.05, 0) is 13.0 Å². The first-order chi connectivity index (χ1) is 6.16. The largest absolute Gasteiger partial charge is 0.355 e. The molecule has 78 valence electrons. The molecule has 1 unspecified atom stereocenters. The van der Waals surface area contributed by atoms with Gasteiger partial charge in [-0.25, -0.2) is 0 Å². The van der Waals surface area contributed by atoms with Crippen LogP contribution in [-0.4, -0.2) is 41.8 Å². The molecule has 0 saturated carbocycles. The van der Waals surface area contributed by atoms with Crippen LogP contribution in [0.3, 0.4) is 0 Å². The third-order valence-corrected chi connectivity index (χ3v) is 2.33. The first kappa shape index (κ1) is 12.6. The molecular weight excluding hydrogens is 188 g/mol. The van der Waals surface area contributed by atoms with Gasteiger partial charge in [0.15, 0.2) is 0 Å². The Balaban J connectivity index is 3.22. The Labute approximate surface area is 81.9 Å². The van der Waals surface area contributed by atoms with Gasteiger partial charge < -0.3 is 10.6 Å². The lowest BCUT2D eigenvalue weighted by Gasteiger charge is -2.04. The third kappa shape index (κ3) is 9.49. The molecule has 0 fully saturated rings. The van der Waals surface area contributed by atoms with Gasteiger partial charge in [-0.15, -0.1) is 0 Å². The van der Waals surface area contributed by atoms with Crippen molar-refractivity contribution in [2.45, 2.75) is 13.3 Å². The van der Waals surface area contributed by atoms with E-state index >= 15 is 0 Å². The third-order valence-electron chi connectivity index (χ3n) is 1.47. The lowest BCUT2D eigenvalue weighted by Crippen LogP contribution is -2.34. The van der Waals surface area contributed by atoms with Crippen LogP contribution >= 0.6 is 0 Å². The van der Waals surface area contributed by atoms with E-state index in [0.717, 1.165) is 13.0 Å². The molecule has 1 amide bonds. The summed E-state index contributed by atoms with van der Waals surface area (Å²) in [4.78, 5) is 11.0. The van der Waals surface area contributed by atoms with E-state index in [1.165, 1.54) is 0 Å². The minimum absolute atomic E-state index is 0.00346. The Morgan fingerprint density at radius 2 is 2.15 bits per heavy atom. The number of hydrogen-bond acceptors (Lipinski definition) is 3. The number of rotatable bonds is 7. The van der Waals surface area contributed by atoms with Gasteiger partial charge in [-0.3, -0.25) is 9.00 Å². The smallest absolute Gasteiger partial charge is 0.233 e. The van der Waals surface area contributed by atoms with Gasteiger partial charge in [0.1, 0.15) is 0 Å². The second-order valence-corrected chi connectivity index (χ2v) is 4.32. The fourth-order valence-corrected chi connectivity index (χ4v) is 1.36. The molecule has 0 aromatic rings. The lowest BCUT2D eigenvalue weighted by atomic mass is 10.4. The second kappa shape index (κ2) is 8.19. The van der Waals surface area contributed by atoms with Crippen LogP contribution in [0.25, 0.3) is 0 Å². The molecular formula is C8H18N2O2S. The molecule has 0 radical (unpaired) electrons. The van der Waals surface area contributed by atoms with Crippen LogP contribution in [0, 0.1) is 0 Å². The number of likely N-dealkylation sites (N-methyl/N-ethyl adjacent to an activating group) is 1. The lowest BCUT2D eigenvalue weighted by molar-refractivity contribution is -0.120. The zero-order valence-corrected chi connectivity index (χ0v) is 9.08. The van der Waals surface area contributed by atoms with E-state index in [4.69, 9.17) is 0 Å². The molecule has 0 aliphatic carbocycles. The Morgan fingerprint density at radius 1 is 1.46 bits per heavy atom. The van der Waals surface area contributed by atoms with Crippen molar-refractivity contribution in [3.63, 3.8) is 0 Å². The predicted octanol–water partition coefficient (Wildman–Crippen LogP) is -0.519. The summed E-state index contributed by atoms with van der Waals surface area (Å²) in [6.45, 7) is 3.73. The second-order valence-electron chi connectivity index (χ2n) is 2.76. The highest BCUT2D eigenvalue weighted by atomic mass is 32.2. The van der Waals surface area contributed by atoms with Crippen molar-refractivity contribution in [1.82, 2.24) is 10.6 Å². The number of amides is 1. The molecule has 0 aliphatic rings. The van der Waals surface area contributed by atoms with Crippen molar-refractivity contribution in [2.24, 2.45) is 0 Å². The van der Waals surface area contributed by atoms with Crippen molar-refractivity contribution < 1.29 is 9.00 Å². The predicted molar refractivity (Wildman–Crippen MR) is 55.1 cm³/mol. The van der Waals surface area contributed by atoms with Gasteiger partial charge in [-0.2, -0.15) is 0 Å². The SMILES string of the molecule is CCNCC(=O)NCCCS(C)=O. The average Bonchev–Trinajstić information content (AvgIpc) is 2.08. The van der Waals surface area contributed by atoms with Gasteiger partial charge in [0, 0.05) is 29.4 Å². The fraction of sp³-hybridized carbons (Fsp3) is 0.875. The molecule has 0 aromatic carbocycles. The van der Waals surface area contributed by atoms with Crippen LogP contribution in [-0.2, 0) is 15.6 Å². The van der Waals surface area contributed by atoms with Crippen LogP contribution in [0.4, 0.5) is 0 Å². The summed E-state index contributed by atoms with van der Waals surface area (Å²) in [5, 5.41) is 5.66. The Hall–Kier alpha value is -0.420. The van der Waals surface area contributed by atoms with Gasteiger partial charge in [0.2, 0.25) is 5.91 Å². The first-order valence-electron chi connectivity index (χ1n) is 4.44. The molecule has 4 nitrogen and oxygen atoms in total. The minimum atomic E-state index is -0.753. The van der Waals surface area contributed by atoms with E-state index in [2.05, 4.69) is 10.6 Å². The fourth-order valence-electron chi connectivity index (χ4n) is 0.804. The van der Waals surface area contributed by atoms with Crippen molar-refractivity contribution >= 4 is 16.7 Å². The molecule has 0 rings (SSSR count). The maximum absolute atomic E-state index is 11.0. The average molecular weight is 206 g/mol. The maximum Gasteiger partial charge on any atom is 0.233 e. The summed E-state index contributed by atoms with van der Waals surface area (Å²) in [6.07, 6.45) is 2.45. The molecule has 0 bridgehead atoms. The highest BCUT2D eigenvalue weighted by Crippen LogP contribution is 1.81. The minimum Gasteiger partial charge on any atom is -0.355 e. The normalized spacial score (nSPS) is 12.5. The van der Waals surface area contributed by atoms with E-state index in [-0.39, 0.29) is 5.91 Å². The molecule has 0 spiro atoms. The Morgan fingerprint density at radius 3 is 2.69 bits per heavy atom. The monoisotopic (exact) mass is 206 g/mol. The van der Waals surface area contributed by atoms with Crippen LogP contribution in [0.5, 0.6) is 0 Å². The summed E-state index contributed by atoms with van der Waals surface area (Å²) in [6, 6.07) is 0. The highest BCUT2D eigenvalue weighted by Gasteiger charge is 1.98. The summed E-state index contributed by atoms with van der Waals surface area (Å²) in [7, 11) is -0.753. The summed E-state index contributed by atoms with van der Waals surface area (Å²) >= 11 is 0. The van der Waals surface area contributed by atoms with Crippen molar-refractivity contribution in [3.8, 4) is 0 Å². The zero-order chi connectivity index (χ0) is 10.1. The maximum atomic E-state index is 11.0. The molecule has 0 saturated heterocycles. The van der Waals surface area contributed by atoms with Crippen LogP contribution < -0.4 is 10.6 Å². The van der Waals surface area contributed by atoms with E-state index in [1.54, 1.807) is 6.26 Å². The van der Waals surface area contributed by atoms with E-state index < -0.39 is 10.8 Å². The summed E-state index contributed by atoms with van der Waals surface area (Å²) in [5.41, 5.74) is 0. The van der Waals surface area contributed by atoms with E-state index in [1.807, 2.05) is 6.92 Å². The van der Waals surface area contributed by atoms with Gasteiger partial charge in [0.25, 0.3) is 0 Å². The van der Waals surface area contributed by atoms with Crippen molar-refractivity contribution in [2.75, 3.05) is 31.6 Å². The Kier molecular flexibility index (Phi) is 7.93. The quantitative estimate of drug-likeness (QED) is 0.551. The topological polar surface area (TPSA) is 58.2 Å². The number of carbonyl (C=O) groups is 1. The number of carbonyl (C=O) groups excluding carboxylic acids is 1. The number of hydrogen-bond donors (Lipinski definition) is 2. The zero-order valence-electron chi connectivity index (χ0n) is 8.26. The van der Waals surface area contributed by atoms with Gasteiger partial charge >= 0.3 is 0 Å². The summed E-state index contributed by atoms with van der Waals surface area (Å²) < 4.78 is 10.6. The van der Waals surface area contributed by atoms with Crippen LogP contribution in [0.1, 0.15) is 13.3 Å². The van der Waals surface area contributed by atoms with E-state index in [0.29, 0.717) is 18.8 Å². The molecule has 13 heavy (non-hydrogen) atoms. The molecule has 0 aromatic heterocycles. The Bertz CT molecular complexity index is 174. The van der Waals surface area contributed by atoms with Gasteiger partial charge in [-0.1, -0.05) is 6.92 Å². The summed E-state index contributed by atoms with van der Waals surface area (Å²) in [5.74, 6) is 0.658. The molecule has 1 atom stereocenters. The number of nitrogens with one attached hydrogen (secondary N) is 2. The first-order valence-corrected chi connectivity index (χ1v) is 6.17.